The number of ether oxygens (including phenoxy) is 1. The zero-order chi connectivity index (χ0) is 13.9. The summed E-state index contributed by atoms with van der Waals surface area (Å²) in [4.78, 5) is 0. The highest BCUT2D eigenvalue weighted by Gasteiger charge is 2.34. The van der Waals surface area contributed by atoms with E-state index in [1.54, 1.807) is 4.31 Å². The Morgan fingerprint density at radius 2 is 2.26 bits per heavy atom. The molecule has 1 aliphatic rings. The lowest BCUT2D eigenvalue weighted by Gasteiger charge is -2.24. The van der Waals surface area contributed by atoms with Gasteiger partial charge in [-0.05, 0) is 30.5 Å². The van der Waals surface area contributed by atoms with Crippen LogP contribution in [0.1, 0.15) is 24.4 Å². The van der Waals surface area contributed by atoms with Crippen molar-refractivity contribution in [2.24, 2.45) is 0 Å². The summed E-state index contributed by atoms with van der Waals surface area (Å²) < 4.78 is 32.1. The van der Waals surface area contributed by atoms with Gasteiger partial charge in [0.1, 0.15) is 0 Å². The zero-order valence-electron chi connectivity index (χ0n) is 10.9. The molecule has 106 valence electrons. The number of benzene rings is 1. The molecule has 6 heteroatoms. The van der Waals surface area contributed by atoms with Crippen molar-refractivity contribution in [2.75, 3.05) is 26.0 Å². The van der Waals surface area contributed by atoms with Crippen molar-refractivity contribution >= 4 is 26.0 Å². The van der Waals surface area contributed by atoms with E-state index in [0.717, 1.165) is 22.9 Å². The molecule has 1 aliphatic heterocycles. The molecule has 19 heavy (non-hydrogen) atoms. The number of hydrogen-bond acceptors (Lipinski definition) is 3. The fraction of sp³-hybridized carbons (Fsp3) is 0.538. The fourth-order valence-corrected chi connectivity index (χ4v) is 4.48. The predicted octanol–water partition coefficient (Wildman–Crippen LogP) is 2.56. The first-order chi connectivity index (χ1) is 9.04. The van der Waals surface area contributed by atoms with Gasteiger partial charge in [-0.2, -0.15) is 4.31 Å². The number of methoxy groups -OCH3 is 1. The third kappa shape index (κ3) is 3.56. The van der Waals surface area contributed by atoms with Crippen LogP contribution in [0.3, 0.4) is 0 Å². The molecule has 1 atom stereocenters. The molecule has 4 nitrogen and oxygen atoms in total. The fourth-order valence-electron chi connectivity index (χ4n) is 2.43. The van der Waals surface area contributed by atoms with E-state index in [-0.39, 0.29) is 18.4 Å². The van der Waals surface area contributed by atoms with Crippen LogP contribution in [-0.4, -0.2) is 38.7 Å². The van der Waals surface area contributed by atoms with Crippen LogP contribution in [0.25, 0.3) is 0 Å². The van der Waals surface area contributed by atoms with E-state index in [0.29, 0.717) is 6.54 Å². The smallest absolute Gasteiger partial charge is 0.216 e. The van der Waals surface area contributed by atoms with Crippen LogP contribution in [0.4, 0.5) is 0 Å². The van der Waals surface area contributed by atoms with E-state index < -0.39 is 10.0 Å². The van der Waals surface area contributed by atoms with Crippen LogP contribution in [0, 0.1) is 0 Å². The molecule has 1 aromatic rings. The molecule has 1 heterocycles. The number of rotatable bonds is 5. The summed E-state index contributed by atoms with van der Waals surface area (Å²) in [6.45, 7) is 0.841. The molecule has 0 N–H and O–H groups in total. The van der Waals surface area contributed by atoms with E-state index in [1.807, 2.05) is 24.3 Å². The van der Waals surface area contributed by atoms with Crippen LogP contribution >= 0.6 is 15.9 Å². The number of halogens is 1. The van der Waals surface area contributed by atoms with Gasteiger partial charge < -0.3 is 4.74 Å². The lowest BCUT2D eigenvalue weighted by Crippen LogP contribution is -2.33. The summed E-state index contributed by atoms with van der Waals surface area (Å²) in [7, 11) is -1.72. The van der Waals surface area contributed by atoms with Gasteiger partial charge >= 0.3 is 0 Å². The minimum Gasteiger partial charge on any atom is -0.384 e. The summed E-state index contributed by atoms with van der Waals surface area (Å²) in [6, 6.07) is 7.83. The Balaban J connectivity index is 2.22. The van der Waals surface area contributed by atoms with Crippen molar-refractivity contribution in [3.63, 3.8) is 0 Å². The maximum Gasteiger partial charge on any atom is 0.216 e. The molecule has 0 radical (unpaired) electrons. The van der Waals surface area contributed by atoms with Gasteiger partial charge in [0.25, 0.3) is 0 Å². The van der Waals surface area contributed by atoms with Gasteiger partial charge in [-0.1, -0.05) is 28.1 Å². The summed E-state index contributed by atoms with van der Waals surface area (Å²) in [5, 5.41) is 0. The average molecular weight is 348 g/mol. The molecular weight excluding hydrogens is 330 g/mol. The Morgan fingerprint density at radius 3 is 2.95 bits per heavy atom. The van der Waals surface area contributed by atoms with E-state index in [4.69, 9.17) is 4.74 Å². The summed E-state index contributed by atoms with van der Waals surface area (Å²) >= 11 is 3.43. The quantitative estimate of drug-likeness (QED) is 0.822. The van der Waals surface area contributed by atoms with E-state index in [1.165, 1.54) is 7.11 Å². The minimum atomic E-state index is -3.24. The second-order valence-electron chi connectivity index (χ2n) is 4.63. The van der Waals surface area contributed by atoms with Crippen molar-refractivity contribution in [1.29, 1.82) is 0 Å². The van der Waals surface area contributed by atoms with Gasteiger partial charge in [0.2, 0.25) is 10.0 Å². The maximum absolute atomic E-state index is 12.3. The van der Waals surface area contributed by atoms with E-state index >= 15 is 0 Å². The van der Waals surface area contributed by atoms with Crippen molar-refractivity contribution in [1.82, 2.24) is 4.31 Å². The third-order valence-corrected chi connectivity index (χ3v) is 5.67. The molecule has 0 spiro atoms. The normalized spacial score (nSPS) is 20.8. The first-order valence-corrected chi connectivity index (χ1v) is 8.69. The Hall–Kier alpha value is -0.430. The molecule has 1 aromatic carbocycles. The highest BCUT2D eigenvalue weighted by Crippen LogP contribution is 2.35. The second kappa shape index (κ2) is 6.35. The molecule has 0 unspecified atom stereocenters. The first-order valence-electron chi connectivity index (χ1n) is 6.28. The highest BCUT2D eigenvalue weighted by molar-refractivity contribution is 9.10. The third-order valence-electron chi connectivity index (χ3n) is 3.34. The highest BCUT2D eigenvalue weighted by atomic mass is 79.9. The second-order valence-corrected chi connectivity index (χ2v) is 7.59. The van der Waals surface area contributed by atoms with Gasteiger partial charge in [0.15, 0.2) is 0 Å². The molecule has 0 aliphatic carbocycles. The Kier molecular flexibility index (Phi) is 5.00. The minimum absolute atomic E-state index is 0.0423. The Morgan fingerprint density at radius 1 is 1.47 bits per heavy atom. The van der Waals surface area contributed by atoms with Crippen molar-refractivity contribution < 1.29 is 13.2 Å². The topological polar surface area (TPSA) is 46.6 Å². The van der Waals surface area contributed by atoms with Gasteiger partial charge in [0, 0.05) is 24.2 Å². The molecule has 1 fully saturated rings. The van der Waals surface area contributed by atoms with Crippen molar-refractivity contribution in [3.8, 4) is 0 Å². The average Bonchev–Trinajstić information content (AvgIpc) is 2.86. The summed E-state index contributed by atoms with van der Waals surface area (Å²) in [5.74, 6) is 0.0496. The molecule has 0 bridgehead atoms. The van der Waals surface area contributed by atoms with Crippen LogP contribution in [0.5, 0.6) is 0 Å². The number of sulfonamides is 1. The first kappa shape index (κ1) is 15.0. The van der Waals surface area contributed by atoms with Gasteiger partial charge in [-0.25, -0.2) is 8.42 Å². The van der Waals surface area contributed by atoms with Gasteiger partial charge in [-0.15, -0.1) is 0 Å². The molecule has 2 rings (SSSR count). The number of hydrogen-bond donors (Lipinski definition) is 0. The molecule has 0 saturated carbocycles. The van der Waals surface area contributed by atoms with Gasteiger partial charge in [0.05, 0.1) is 12.4 Å². The van der Waals surface area contributed by atoms with Crippen LogP contribution in [0.2, 0.25) is 0 Å². The monoisotopic (exact) mass is 347 g/mol. The van der Waals surface area contributed by atoms with Crippen molar-refractivity contribution in [2.45, 2.75) is 18.9 Å². The lowest BCUT2D eigenvalue weighted by atomic mass is 10.1. The van der Waals surface area contributed by atoms with E-state index in [9.17, 15) is 8.42 Å². The lowest BCUT2D eigenvalue weighted by molar-refractivity contribution is 0.215. The maximum atomic E-state index is 12.3. The SMILES string of the molecule is COCCS(=O)(=O)N1CCC[C@H]1c1cccc(Br)c1. The van der Waals surface area contributed by atoms with Crippen LogP contribution < -0.4 is 0 Å². The predicted molar refractivity (Wildman–Crippen MR) is 78.5 cm³/mol. The molecular formula is C13H18BrNO3S. The largest absolute Gasteiger partial charge is 0.384 e. The summed E-state index contributed by atoms with van der Waals surface area (Å²) in [5.41, 5.74) is 1.05. The Bertz CT molecular complexity index is 532. The molecule has 0 aromatic heterocycles. The molecule has 0 amide bonds. The van der Waals surface area contributed by atoms with Gasteiger partial charge in [-0.3, -0.25) is 0 Å². The Labute approximate surface area is 122 Å². The van der Waals surface area contributed by atoms with Crippen LogP contribution in [0.15, 0.2) is 28.7 Å². The molecule has 1 saturated heterocycles. The standard InChI is InChI=1S/C13H18BrNO3S/c1-18-8-9-19(16,17)15-7-3-6-13(15)11-4-2-5-12(14)10-11/h2,4-5,10,13H,3,6-9H2,1H3/t13-/m0/s1. The summed E-state index contributed by atoms with van der Waals surface area (Å²) in [6.07, 6.45) is 1.78. The number of nitrogens with zero attached hydrogens (tertiary/aromatic N) is 1. The van der Waals surface area contributed by atoms with Crippen LogP contribution in [-0.2, 0) is 14.8 Å². The van der Waals surface area contributed by atoms with Crippen molar-refractivity contribution in [3.05, 3.63) is 34.3 Å². The van der Waals surface area contributed by atoms with E-state index in [2.05, 4.69) is 15.9 Å². The zero-order valence-corrected chi connectivity index (χ0v) is 13.3.